The Morgan fingerprint density at radius 1 is 1.50 bits per heavy atom. The van der Waals surface area contributed by atoms with Gasteiger partial charge in [0.1, 0.15) is 0 Å². The van der Waals surface area contributed by atoms with Crippen molar-refractivity contribution in [3.63, 3.8) is 0 Å². The largest absolute Gasteiger partial charge is 0.377 e. The van der Waals surface area contributed by atoms with Crippen molar-refractivity contribution in [1.29, 1.82) is 0 Å². The van der Waals surface area contributed by atoms with Crippen LogP contribution < -0.4 is 0 Å². The summed E-state index contributed by atoms with van der Waals surface area (Å²) < 4.78 is 5.55. The van der Waals surface area contributed by atoms with Gasteiger partial charge in [-0.3, -0.25) is 0 Å². The second-order valence-corrected chi connectivity index (χ2v) is 4.58. The second-order valence-electron chi connectivity index (χ2n) is 4.58. The molecule has 0 aromatic rings. The molecular formula is C13H20O. The van der Waals surface area contributed by atoms with Crippen LogP contribution in [0.2, 0.25) is 0 Å². The summed E-state index contributed by atoms with van der Waals surface area (Å²) in [4.78, 5) is 0. The fourth-order valence-electron chi connectivity index (χ4n) is 3.09. The summed E-state index contributed by atoms with van der Waals surface area (Å²) in [5, 5.41) is 0. The first kappa shape index (κ1) is 9.97. The summed E-state index contributed by atoms with van der Waals surface area (Å²) >= 11 is 0. The van der Waals surface area contributed by atoms with Gasteiger partial charge >= 0.3 is 0 Å². The molecule has 14 heavy (non-hydrogen) atoms. The summed E-state index contributed by atoms with van der Waals surface area (Å²) in [6, 6.07) is 0. The molecule has 1 nitrogen and oxygen atoms in total. The Morgan fingerprint density at radius 3 is 2.93 bits per heavy atom. The van der Waals surface area contributed by atoms with Crippen molar-refractivity contribution in [1.82, 2.24) is 0 Å². The van der Waals surface area contributed by atoms with E-state index >= 15 is 0 Å². The third-order valence-electron chi connectivity index (χ3n) is 3.80. The highest BCUT2D eigenvalue weighted by Gasteiger charge is 2.41. The van der Waals surface area contributed by atoms with Gasteiger partial charge in [0.05, 0.1) is 13.2 Å². The van der Waals surface area contributed by atoms with E-state index in [-0.39, 0.29) is 0 Å². The van der Waals surface area contributed by atoms with Crippen LogP contribution in [-0.2, 0) is 4.74 Å². The zero-order valence-corrected chi connectivity index (χ0v) is 9.04. The molecule has 2 aliphatic carbocycles. The number of allylic oxidation sites excluding steroid dienone is 2. The van der Waals surface area contributed by atoms with Gasteiger partial charge in [-0.15, -0.1) is 6.58 Å². The van der Waals surface area contributed by atoms with E-state index in [9.17, 15) is 0 Å². The summed E-state index contributed by atoms with van der Waals surface area (Å²) in [5.41, 5.74) is 1.70. The third kappa shape index (κ3) is 1.78. The lowest BCUT2D eigenvalue weighted by Crippen LogP contribution is -2.17. The Labute approximate surface area is 86.8 Å². The molecule has 0 aromatic heterocycles. The number of ether oxygens (including phenoxy) is 1. The minimum atomic E-state index is 0.713. The molecule has 0 heterocycles. The van der Waals surface area contributed by atoms with Crippen molar-refractivity contribution >= 4 is 0 Å². The van der Waals surface area contributed by atoms with Crippen LogP contribution in [0.4, 0.5) is 0 Å². The van der Waals surface area contributed by atoms with Crippen LogP contribution in [0.5, 0.6) is 0 Å². The molecular weight excluding hydrogens is 172 g/mol. The predicted octanol–water partition coefficient (Wildman–Crippen LogP) is 3.18. The van der Waals surface area contributed by atoms with Crippen molar-refractivity contribution in [2.24, 2.45) is 17.8 Å². The Hall–Kier alpha value is -0.560. The van der Waals surface area contributed by atoms with Crippen LogP contribution in [0.3, 0.4) is 0 Å². The average Bonchev–Trinajstić information content (AvgIpc) is 2.76. The molecule has 0 amide bonds. The third-order valence-corrected chi connectivity index (χ3v) is 3.80. The molecule has 2 bridgehead atoms. The van der Waals surface area contributed by atoms with Crippen LogP contribution in [0.1, 0.15) is 26.2 Å². The van der Waals surface area contributed by atoms with Crippen molar-refractivity contribution in [3.05, 3.63) is 24.3 Å². The highest BCUT2D eigenvalue weighted by molar-refractivity contribution is 5.17. The monoisotopic (exact) mass is 192 g/mol. The molecule has 0 spiro atoms. The van der Waals surface area contributed by atoms with Crippen LogP contribution in [0.25, 0.3) is 0 Å². The lowest BCUT2D eigenvalue weighted by molar-refractivity contribution is 0.103. The molecule has 2 rings (SSSR count). The van der Waals surface area contributed by atoms with Crippen LogP contribution >= 0.6 is 0 Å². The molecule has 1 heteroatoms. The van der Waals surface area contributed by atoms with Crippen molar-refractivity contribution in [2.45, 2.75) is 26.2 Å². The van der Waals surface area contributed by atoms with E-state index in [1.807, 2.05) is 6.08 Å². The molecule has 0 aliphatic heterocycles. The van der Waals surface area contributed by atoms with Crippen LogP contribution in [0.15, 0.2) is 24.3 Å². The van der Waals surface area contributed by atoms with E-state index in [2.05, 4.69) is 19.6 Å². The maximum atomic E-state index is 5.55. The van der Waals surface area contributed by atoms with Gasteiger partial charge in [0.2, 0.25) is 0 Å². The Bertz CT molecular complexity index is 242. The summed E-state index contributed by atoms with van der Waals surface area (Å²) in [6.07, 6.45) is 8.28. The zero-order valence-electron chi connectivity index (χ0n) is 9.04. The molecule has 2 aliphatic rings. The topological polar surface area (TPSA) is 9.23 Å². The van der Waals surface area contributed by atoms with Crippen molar-refractivity contribution < 1.29 is 4.74 Å². The molecule has 0 aromatic carbocycles. The maximum absolute atomic E-state index is 5.55. The second kappa shape index (κ2) is 4.31. The van der Waals surface area contributed by atoms with Gasteiger partial charge < -0.3 is 4.74 Å². The summed E-state index contributed by atoms with van der Waals surface area (Å²) in [7, 11) is 0. The fraction of sp³-hybridized carbons (Fsp3) is 0.692. The summed E-state index contributed by atoms with van der Waals surface area (Å²) in [5.74, 6) is 2.63. The molecule has 1 unspecified atom stereocenters. The number of hydrogen-bond donors (Lipinski definition) is 0. The first-order valence-corrected chi connectivity index (χ1v) is 5.68. The first-order valence-electron chi connectivity index (χ1n) is 5.68. The van der Waals surface area contributed by atoms with Gasteiger partial charge in [-0.2, -0.15) is 0 Å². The fourth-order valence-corrected chi connectivity index (χ4v) is 3.09. The molecule has 78 valence electrons. The molecule has 2 saturated carbocycles. The minimum absolute atomic E-state index is 0.713. The zero-order chi connectivity index (χ0) is 9.97. The first-order chi connectivity index (χ1) is 6.85. The number of hydrogen-bond acceptors (Lipinski definition) is 1. The lowest BCUT2D eigenvalue weighted by atomic mass is 9.86. The van der Waals surface area contributed by atoms with E-state index in [1.165, 1.54) is 19.3 Å². The highest BCUT2D eigenvalue weighted by atomic mass is 16.5. The SMILES string of the molecule is C=CCOCC1C[C@@H]2C[C@H]1C/C2=C/C. The summed E-state index contributed by atoms with van der Waals surface area (Å²) in [6.45, 7) is 7.51. The number of rotatable bonds is 4. The van der Waals surface area contributed by atoms with E-state index in [4.69, 9.17) is 4.74 Å². The van der Waals surface area contributed by atoms with E-state index < -0.39 is 0 Å². The average molecular weight is 192 g/mol. The van der Waals surface area contributed by atoms with Crippen molar-refractivity contribution in [3.8, 4) is 0 Å². The molecule has 0 N–H and O–H groups in total. The quantitative estimate of drug-likeness (QED) is 0.491. The van der Waals surface area contributed by atoms with Gasteiger partial charge in [0, 0.05) is 0 Å². The Kier molecular flexibility index (Phi) is 3.07. The van der Waals surface area contributed by atoms with Gasteiger partial charge in [0.15, 0.2) is 0 Å². The van der Waals surface area contributed by atoms with Crippen LogP contribution in [-0.4, -0.2) is 13.2 Å². The number of fused-ring (bicyclic) bond motifs is 2. The smallest absolute Gasteiger partial charge is 0.0644 e. The van der Waals surface area contributed by atoms with Gasteiger partial charge in [-0.05, 0) is 43.9 Å². The van der Waals surface area contributed by atoms with Gasteiger partial charge in [0.25, 0.3) is 0 Å². The lowest BCUT2D eigenvalue weighted by Gasteiger charge is -2.23. The molecule has 3 atom stereocenters. The normalized spacial score (nSPS) is 38.1. The van der Waals surface area contributed by atoms with Gasteiger partial charge in [-0.1, -0.05) is 17.7 Å². The molecule has 0 radical (unpaired) electrons. The molecule has 2 fully saturated rings. The highest BCUT2D eigenvalue weighted by Crippen LogP contribution is 2.51. The maximum Gasteiger partial charge on any atom is 0.0644 e. The standard InChI is InChI=1S/C13H20O/c1-3-5-14-9-13-8-11-7-12(13)6-10(11)4-2/h3-4,11-13H,1,5-9H2,2H3/b10-4-/t11-,12+,13?/m0/s1. The Balaban J connectivity index is 1.81. The van der Waals surface area contributed by atoms with Crippen molar-refractivity contribution in [2.75, 3.05) is 13.2 Å². The van der Waals surface area contributed by atoms with Gasteiger partial charge in [-0.25, -0.2) is 0 Å². The van der Waals surface area contributed by atoms with E-state index in [1.54, 1.807) is 5.57 Å². The Morgan fingerprint density at radius 2 is 2.36 bits per heavy atom. The van der Waals surface area contributed by atoms with E-state index in [0.29, 0.717) is 6.61 Å². The minimum Gasteiger partial charge on any atom is -0.377 e. The predicted molar refractivity (Wildman–Crippen MR) is 59.1 cm³/mol. The van der Waals surface area contributed by atoms with E-state index in [0.717, 1.165) is 24.4 Å². The molecule has 0 saturated heterocycles. The van der Waals surface area contributed by atoms with Crippen LogP contribution in [0, 0.1) is 17.8 Å².